The van der Waals surface area contributed by atoms with Crippen molar-refractivity contribution in [2.24, 2.45) is 0 Å². The van der Waals surface area contributed by atoms with Crippen molar-refractivity contribution >= 4 is 5.91 Å². The lowest BCUT2D eigenvalue weighted by Gasteiger charge is -1.92. The number of hydrogen-bond acceptors (Lipinski definition) is 3. The van der Waals surface area contributed by atoms with Gasteiger partial charge in [-0.05, 0) is 6.92 Å². The average Bonchev–Trinajstić information content (AvgIpc) is 2.34. The number of nitrogens with one attached hydrogen (secondary N) is 1. The first-order chi connectivity index (χ1) is 4.75. The molecule has 1 aromatic heterocycles. The predicted molar refractivity (Wildman–Crippen MR) is 34.6 cm³/mol. The summed E-state index contributed by atoms with van der Waals surface area (Å²) in [7, 11) is 1.56. The first-order valence-corrected chi connectivity index (χ1v) is 2.89. The second-order valence-electron chi connectivity index (χ2n) is 1.87. The van der Waals surface area contributed by atoms with Crippen LogP contribution >= 0.6 is 0 Å². The lowest BCUT2D eigenvalue weighted by molar-refractivity contribution is 0.0961. The van der Waals surface area contributed by atoms with Crippen LogP contribution in [0, 0.1) is 6.92 Å². The van der Waals surface area contributed by atoms with Gasteiger partial charge in [-0.3, -0.25) is 4.79 Å². The summed E-state index contributed by atoms with van der Waals surface area (Å²) in [5.74, 6) is 0.373. The molecule has 0 atom stereocenters. The van der Waals surface area contributed by atoms with Crippen molar-refractivity contribution in [3.63, 3.8) is 0 Å². The maximum atomic E-state index is 10.9. The lowest BCUT2D eigenvalue weighted by atomic mass is 10.3. The van der Waals surface area contributed by atoms with Gasteiger partial charge in [-0.25, -0.2) is 0 Å². The van der Waals surface area contributed by atoms with Gasteiger partial charge in [-0.2, -0.15) is 0 Å². The Hall–Kier alpha value is -1.32. The minimum absolute atomic E-state index is 0.168. The number of amides is 1. The topological polar surface area (TPSA) is 55.1 Å². The van der Waals surface area contributed by atoms with E-state index in [1.54, 1.807) is 14.0 Å². The van der Waals surface area contributed by atoms with Crippen molar-refractivity contribution in [2.45, 2.75) is 6.92 Å². The molecular weight excluding hydrogens is 132 g/mol. The maximum absolute atomic E-state index is 10.9. The van der Waals surface area contributed by atoms with Gasteiger partial charge in [0, 0.05) is 7.05 Å². The Balaban J connectivity index is 2.93. The molecule has 0 saturated carbocycles. The Morgan fingerprint density at radius 1 is 1.80 bits per heavy atom. The molecule has 54 valence electrons. The highest BCUT2D eigenvalue weighted by Gasteiger charge is 2.09. The Kier molecular flexibility index (Phi) is 1.71. The monoisotopic (exact) mass is 140 g/mol. The molecule has 0 aliphatic heterocycles. The Bertz CT molecular complexity index is 242. The molecular formula is C6H8N2O2. The van der Waals surface area contributed by atoms with E-state index in [1.807, 2.05) is 0 Å². The van der Waals surface area contributed by atoms with Crippen molar-refractivity contribution in [1.29, 1.82) is 0 Å². The highest BCUT2D eigenvalue weighted by Crippen LogP contribution is 2.04. The molecule has 4 heteroatoms. The third-order valence-corrected chi connectivity index (χ3v) is 1.22. The van der Waals surface area contributed by atoms with Crippen LogP contribution < -0.4 is 5.32 Å². The van der Waals surface area contributed by atoms with Crippen LogP contribution in [0.4, 0.5) is 0 Å². The van der Waals surface area contributed by atoms with Crippen LogP contribution in [0.2, 0.25) is 0 Å². The number of aryl methyl sites for hydroxylation is 1. The first kappa shape index (κ1) is 6.80. The minimum Gasteiger partial charge on any atom is -0.361 e. The normalized spacial score (nSPS) is 9.40. The summed E-state index contributed by atoms with van der Waals surface area (Å²) in [6.07, 6.45) is 1.40. The molecule has 4 nitrogen and oxygen atoms in total. The van der Waals surface area contributed by atoms with Crippen LogP contribution in [-0.4, -0.2) is 18.1 Å². The summed E-state index contributed by atoms with van der Waals surface area (Å²) in [6.45, 7) is 1.69. The average molecular weight is 140 g/mol. The lowest BCUT2D eigenvalue weighted by Crippen LogP contribution is -2.17. The standard InChI is InChI=1S/C6H8N2O2/c1-4-5(3-8-10-4)6(9)7-2/h3H,1-2H3,(H,7,9). The van der Waals surface area contributed by atoms with Gasteiger partial charge in [0.15, 0.2) is 0 Å². The molecule has 0 saturated heterocycles. The SMILES string of the molecule is CNC(=O)c1cnoc1C. The van der Waals surface area contributed by atoms with Gasteiger partial charge in [0.25, 0.3) is 5.91 Å². The van der Waals surface area contributed by atoms with E-state index in [0.717, 1.165) is 0 Å². The summed E-state index contributed by atoms with van der Waals surface area (Å²) in [5.41, 5.74) is 0.488. The van der Waals surface area contributed by atoms with Crippen LogP contribution in [0.15, 0.2) is 10.7 Å². The van der Waals surface area contributed by atoms with E-state index in [4.69, 9.17) is 0 Å². The minimum atomic E-state index is -0.168. The van der Waals surface area contributed by atoms with Gasteiger partial charge in [0.1, 0.15) is 11.3 Å². The summed E-state index contributed by atoms with van der Waals surface area (Å²) >= 11 is 0. The molecule has 1 N–H and O–H groups in total. The number of aromatic nitrogens is 1. The molecule has 0 aliphatic rings. The number of hydrogen-bond donors (Lipinski definition) is 1. The highest BCUT2D eigenvalue weighted by molar-refractivity contribution is 5.94. The van der Waals surface area contributed by atoms with Crippen LogP contribution in [-0.2, 0) is 0 Å². The van der Waals surface area contributed by atoms with Crippen LogP contribution in [0.1, 0.15) is 16.1 Å². The van der Waals surface area contributed by atoms with Crippen LogP contribution in [0.25, 0.3) is 0 Å². The fourth-order valence-corrected chi connectivity index (χ4v) is 0.651. The Morgan fingerprint density at radius 3 is 2.90 bits per heavy atom. The zero-order chi connectivity index (χ0) is 7.56. The predicted octanol–water partition coefficient (Wildman–Crippen LogP) is 0.343. The van der Waals surface area contributed by atoms with Crippen molar-refractivity contribution < 1.29 is 9.32 Å². The van der Waals surface area contributed by atoms with Crippen LogP contribution in [0.3, 0.4) is 0 Å². The third kappa shape index (κ3) is 1.00. The largest absolute Gasteiger partial charge is 0.361 e. The molecule has 1 amide bonds. The number of rotatable bonds is 1. The van der Waals surface area contributed by atoms with E-state index in [9.17, 15) is 4.79 Å². The van der Waals surface area contributed by atoms with Gasteiger partial charge in [0.2, 0.25) is 0 Å². The summed E-state index contributed by atoms with van der Waals surface area (Å²) in [5, 5.41) is 5.92. The number of carbonyl (C=O) groups is 1. The van der Waals surface area contributed by atoms with E-state index in [-0.39, 0.29) is 5.91 Å². The molecule has 0 unspecified atom stereocenters. The van der Waals surface area contributed by atoms with Gasteiger partial charge >= 0.3 is 0 Å². The zero-order valence-corrected chi connectivity index (χ0v) is 5.84. The van der Waals surface area contributed by atoms with E-state index in [2.05, 4.69) is 15.0 Å². The fraction of sp³-hybridized carbons (Fsp3) is 0.333. The number of nitrogens with zero attached hydrogens (tertiary/aromatic N) is 1. The van der Waals surface area contributed by atoms with Gasteiger partial charge in [-0.1, -0.05) is 5.16 Å². The summed E-state index contributed by atoms with van der Waals surface area (Å²) in [4.78, 5) is 10.9. The summed E-state index contributed by atoms with van der Waals surface area (Å²) < 4.78 is 4.68. The first-order valence-electron chi connectivity index (χ1n) is 2.89. The third-order valence-electron chi connectivity index (χ3n) is 1.22. The second kappa shape index (κ2) is 2.51. The van der Waals surface area contributed by atoms with Crippen molar-refractivity contribution in [3.8, 4) is 0 Å². The highest BCUT2D eigenvalue weighted by atomic mass is 16.5. The fourth-order valence-electron chi connectivity index (χ4n) is 0.651. The van der Waals surface area contributed by atoms with Gasteiger partial charge in [-0.15, -0.1) is 0 Å². The number of carbonyl (C=O) groups excluding carboxylic acids is 1. The molecule has 0 spiro atoms. The smallest absolute Gasteiger partial charge is 0.256 e. The molecule has 0 radical (unpaired) electrons. The zero-order valence-electron chi connectivity index (χ0n) is 5.84. The molecule has 1 aromatic rings. The Morgan fingerprint density at radius 2 is 2.50 bits per heavy atom. The van der Waals surface area contributed by atoms with Gasteiger partial charge < -0.3 is 9.84 Å². The van der Waals surface area contributed by atoms with Gasteiger partial charge in [0.05, 0.1) is 6.20 Å². The maximum Gasteiger partial charge on any atom is 0.256 e. The molecule has 0 fully saturated rings. The molecule has 0 aromatic carbocycles. The van der Waals surface area contributed by atoms with Crippen molar-refractivity contribution in [1.82, 2.24) is 10.5 Å². The Labute approximate surface area is 58.2 Å². The van der Waals surface area contributed by atoms with Crippen LogP contribution in [0.5, 0.6) is 0 Å². The van der Waals surface area contributed by atoms with Crippen molar-refractivity contribution in [2.75, 3.05) is 7.05 Å². The molecule has 10 heavy (non-hydrogen) atoms. The molecule has 1 heterocycles. The molecule has 0 bridgehead atoms. The van der Waals surface area contributed by atoms with Crippen molar-refractivity contribution in [3.05, 3.63) is 17.5 Å². The molecule has 0 aliphatic carbocycles. The molecule has 1 rings (SSSR count). The van der Waals surface area contributed by atoms with E-state index in [0.29, 0.717) is 11.3 Å². The van der Waals surface area contributed by atoms with E-state index < -0.39 is 0 Å². The van der Waals surface area contributed by atoms with E-state index >= 15 is 0 Å². The second-order valence-corrected chi connectivity index (χ2v) is 1.87. The van der Waals surface area contributed by atoms with E-state index in [1.165, 1.54) is 6.20 Å². The summed E-state index contributed by atoms with van der Waals surface area (Å²) in [6, 6.07) is 0. The quantitative estimate of drug-likeness (QED) is 0.612.